The van der Waals surface area contributed by atoms with Crippen LogP contribution < -0.4 is 4.74 Å². The van der Waals surface area contributed by atoms with Gasteiger partial charge in [-0.1, -0.05) is 12.1 Å². The van der Waals surface area contributed by atoms with Gasteiger partial charge in [-0.2, -0.15) is 0 Å². The molecule has 0 saturated heterocycles. The van der Waals surface area contributed by atoms with E-state index in [0.717, 1.165) is 14.2 Å². The normalized spacial score (nSPS) is 14.7. The summed E-state index contributed by atoms with van der Waals surface area (Å²) in [5.41, 5.74) is 0.591. The van der Waals surface area contributed by atoms with Gasteiger partial charge in [0.05, 0.1) is 34.0 Å². The van der Waals surface area contributed by atoms with Crippen molar-refractivity contribution in [3.8, 4) is 5.75 Å². The molecule has 0 aromatic heterocycles. The number of hydrogen-bond donors (Lipinski definition) is 0. The van der Waals surface area contributed by atoms with Gasteiger partial charge in [0.2, 0.25) is 5.78 Å². The lowest BCUT2D eigenvalue weighted by atomic mass is 9.79. The molecular weight excluding hydrogens is 344 g/mol. The summed E-state index contributed by atoms with van der Waals surface area (Å²) in [6, 6.07) is 6.60. The number of rotatable bonds is 7. The molecule has 0 amide bonds. The van der Waals surface area contributed by atoms with Crippen molar-refractivity contribution >= 4 is 17.7 Å². The number of hydrogen-bond acceptors (Lipinski definition) is 8. The third kappa shape index (κ3) is 3.63. The molecule has 1 aromatic rings. The van der Waals surface area contributed by atoms with Gasteiger partial charge in [0, 0.05) is 5.92 Å². The highest BCUT2D eigenvalue weighted by Crippen LogP contribution is 2.39. The van der Waals surface area contributed by atoms with Gasteiger partial charge in [-0.15, -0.1) is 0 Å². The molecular formula is C18H20O8. The maximum Gasteiger partial charge on any atom is 0.321 e. The van der Waals surface area contributed by atoms with Gasteiger partial charge in [-0.05, 0) is 17.7 Å². The van der Waals surface area contributed by atoms with E-state index in [0.29, 0.717) is 11.3 Å². The molecule has 0 saturated carbocycles. The molecule has 1 heterocycles. The molecule has 140 valence electrons. The molecule has 8 nitrogen and oxygen atoms in total. The molecule has 0 fully saturated rings. The summed E-state index contributed by atoms with van der Waals surface area (Å²) < 4.78 is 25.0. The van der Waals surface area contributed by atoms with Gasteiger partial charge < -0.3 is 23.7 Å². The topological polar surface area (TPSA) is 97.4 Å². The van der Waals surface area contributed by atoms with E-state index in [-0.39, 0.29) is 23.9 Å². The zero-order chi connectivity index (χ0) is 19.3. The van der Waals surface area contributed by atoms with Crippen molar-refractivity contribution in [2.75, 3.05) is 35.0 Å². The van der Waals surface area contributed by atoms with Crippen LogP contribution >= 0.6 is 0 Å². The van der Waals surface area contributed by atoms with E-state index in [4.69, 9.17) is 23.7 Å². The molecule has 0 N–H and O–H groups in total. The maximum atomic E-state index is 12.4. The van der Waals surface area contributed by atoms with Crippen LogP contribution in [0.2, 0.25) is 0 Å². The molecule has 1 atom stereocenters. The van der Waals surface area contributed by atoms with Gasteiger partial charge in [-0.25, -0.2) is 0 Å². The zero-order valence-electron chi connectivity index (χ0n) is 14.9. The quantitative estimate of drug-likeness (QED) is 0.526. The first kappa shape index (κ1) is 19.3. The fourth-order valence-electron chi connectivity index (χ4n) is 2.83. The van der Waals surface area contributed by atoms with Crippen LogP contribution in [0, 0.1) is 5.92 Å². The van der Waals surface area contributed by atoms with Crippen LogP contribution in [-0.2, 0) is 33.3 Å². The van der Waals surface area contributed by atoms with Crippen LogP contribution in [0.15, 0.2) is 35.8 Å². The number of Topliss-reactive ketones (excluding diaryl/α,β-unsaturated/α-hetero) is 1. The average molecular weight is 364 g/mol. The predicted octanol–water partition coefficient (Wildman–Crippen LogP) is 1.20. The molecule has 1 aliphatic heterocycles. The smallest absolute Gasteiger partial charge is 0.321 e. The second-order valence-corrected chi connectivity index (χ2v) is 5.39. The average Bonchev–Trinajstić information content (AvgIpc) is 3.05. The van der Waals surface area contributed by atoms with Crippen LogP contribution in [0.4, 0.5) is 0 Å². The summed E-state index contributed by atoms with van der Waals surface area (Å²) in [5.74, 6) is -3.90. The summed E-state index contributed by atoms with van der Waals surface area (Å²) in [4.78, 5) is 37.1. The maximum absolute atomic E-state index is 12.4. The molecule has 1 aliphatic rings. The van der Waals surface area contributed by atoms with E-state index in [1.54, 1.807) is 24.3 Å². The van der Waals surface area contributed by atoms with Crippen LogP contribution in [0.5, 0.6) is 5.75 Å². The standard InChI is InChI=1S/C18H20O8/c1-22-11-7-5-10(6-8-11)13(14-12(19)9-26-18(14)25-4)15(16(20)23-2)17(21)24-3/h5-8,13,15H,9H2,1-4H3. The zero-order valence-corrected chi connectivity index (χ0v) is 14.9. The minimum Gasteiger partial charge on any atom is -0.497 e. The first-order valence-electron chi connectivity index (χ1n) is 7.72. The Kier molecular flexibility index (Phi) is 6.21. The Bertz CT molecular complexity index is 703. The summed E-state index contributed by atoms with van der Waals surface area (Å²) in [6.07, 6.45) is 0. The Labute approximate surface area is 150 Å². The summed E-state index contributed by atoms with van der Waals surface area (Å²) in [5, 5.41) is 0. The molecule has 0 bridgehead atoms. The van der Waals surface area contributed by atoms with Crippen molar-refractivity contribution in [3.05, 3.63) is 41.3 Å². The van der Waals surface area contributed by atoms with Crippen molar-refractivity contribution in [2.24, 2.45) is 5.92 Å². The number of esters is 2. The summed E-state index contributed by atoms with van der Waals surface area (Å²) in [7, 11) is 5.16. The highest BCUT2D eigenvalue weighted by molar-refractivity contribution is 6.04. The lowest BCUT2D eigenvalue weighted by Gasteiger charge is -2.24. The Balaban J connectivity index is 2.65. The summed E-state index contributed by atoms with van der Waals surface area (Å²) >= 11 is 0. The van der Waals surface area contributed by atoms with E-state index in [2.05, 4.69) is 0 Å². The minimum atomic E-state index is -1.40. The lowest BCUT2D eigenvalue weighted by Crippen LogP contribution is -2.34. The Morgan fingerprint density at radius 1 is 0.962 bits per heavy atom. The summed E-state index contributed by atoms with van der Waals surface area (Å²) in [6.45, 7) is -0.236. The highest BCUT2D eigenvalue weighted by atomic mass is 16.7. The predicted molar refractivity (Wildman–Crippen MR) is 88.3 cm³/mol. The molecule has 8 heteroatoms. The second kappa shape index (κ2) is 8.37. The van der Waals surface area contributed by atoms with Gasteiger partial charge in [0.15, 0.2) is 12.5 Å². The molecule has 0 spiro atoms. The Morgan fingerprint density at radius 3 is 2.00 bits per heavy atom. The number of carbonyl (C=O) groups excluding carboxylic acids is 3. The van der Waals surface area contributed by atoms with E-state index in [9.17, 15) is 14.4 Å². The van der Waals surface area contributed by atoms with Crippen LogP contribution in [0.25, 0.3) is 0 Å². The monoisotopic (exact) mass is 364 g/mol. The minimum absolute atomic E-state index is 0.0337. The van der Waals surface area contributed by atoms with E-state index in [1.165, 1.54) is 14.2 Å². The van der Waals surface area contributed by atoms with Crippen LogP contribution in [0.3, 0.4) is 0 Å². The van der Waals surface area contributed by atoms with Crippen molar-refractivity contribution in [1.29, 1.82) is 0 Å². The fourth-order valence-corrected chi connectivity index (χ4v) is 2.83. The largest absolute Gasteiger partial charge is 0.497 e. The van der Waals surface area contributed by atoms with Crippen molar-refractivity contribution in [3.63, 3.8) is 0 Å². The lowest BCUT2D eigenvalue weighted by molar-refractivity contribution is -0.159. The van der Waals surface area contributed by atoms with Gasteiger partial charge in [0.25, 0.3) is 5.95 Å². The van der Waals surface area contributed by atoms with Gasteiger partial charge >= 0.3 is 11.9 Å². The number of benzene rings is 1. The van der Waals surface area contributed by atoms with Crippen molar-refractivity contribution in [2.45, 2.75) is 5.92 Å². The number of carbonyl (C=O) groups is 3. The molecule has 1 aromatic carbocycles. The highest BCUT2D eigenvalue weighted by Gasteiger charge is 2.46. The first-order valence-corrected chi connectivity index (χ1v) is 7.72. The Morgan fingerprint density at radius 2 is 1.54 bits per heavy atom. The SMILES string of the molecule is COC(=O)C(C(=O)OC)C(C1=C(OC)OCC1=O)c1ccc(OC)cc1. The first-order chi connectivity index (χ1) is 12.5. The van der Waals surface area contributed by atoms with Gasteiger partial charge in [-0.3, -0.25) is 14.4 Å². The second-order valence-electron chi connectivity index (χ2n) is 5.39. The van der Waals surface area contributed by atoms with Crippen LogP contribution in [-0.4, -0.2) is 52.8 Å². The molecule has 1 unspecified atom stereocenters. The van der Waals surface area contributed by atoms with Crippen molar-refractivity contribution < 1.29 is 38.1 Å². The number of ketones is 1. The van der Waals surface area contributed by atoms with Gasteiger partial charge in [0.1, 0.15) is 5.75 Å². The van der Waals surface area contributed by atoms with E-state index in [1.807, 2.05) is 0 Å². The van der Waals surface area contributed by atoms with Crippen LogP contribution in [0.1, 0.15) is 11.5 Å². The Hall–Kier alpha value is -3.03. The molecule has 26 heavy (non-hydrogen) atoms. The third-order valence-electron chi connectivity index (χ3n) is 4.07. The molecule has 0 aliphatic carbocycles. The molecule has 0 radical (unpaired) electrons. The number of methoxy groups -OCH3 is 4. The van der Waals surface area contributed by atoms with Crippen molar-refractivity contribution in [1.82, 2.24) is 0 Å². The number of ether oxygens (including phenoxy) is 5. The van der Waals surface area contributed by atoms with E-state index < -0.39 is 23.8 Å². The molecule has 2 rings (SSSR count). The van der Waals surface area contributed by atoms with E-state index >= 15 is 0 Å². The fraction of sp³-hybridized carbons (Fsp3) is 0.389. The third-order valence-corrected chi connectivity index (χ3v) is 4.07.